The first kappa shape index (κ1) is 19.9. The maximum absolute atomic E-state index is 10.4. The molecule has 25 heavy (non-hydrogen) atoms. The van der Waals surface area contributed by atoms with E-state index in [9.17, 15) is 10.2 Å². The van der Waals surface area contributed by atoms with Crippen LogP contribution in [0.15, 0.2) is 24.3 Å². The molecular weight excluding hydrogens is 355 g/mol. The molecule has 0 unspecified atom stereocenters. The fourth-order valence-electron chi connectivity index (χ4n) is 2.65. The molecule has 0 radical (unpaired) electrons. The molecule has 0 aliphatic carbocycles. The first-order chi connectivity index (χ1) is 11.3. The lowest BCUT2D eigenvalue weighted by Gasteiger charge is -2.23. The Bertz CT molecular complexity index is 730. The molecule has 0 aromatic heterocycles. The number of aromatic hydroxyl groups is 2. The van der Waals surface area contributed by atoms with Crippen molar-refractivity contribution in [2.24, 2.45) is 0 Å². The highest BCUT2D eigenvalue weighted by Crippen LogP contribution is 2.39. The van der Waals surface area contributed by atoms with Crippen LogP contribution in [0.25, 0.3) is 0 Å². The second-order valence-corrected chi connectivity index (χ2v) is 9.42. The van der Waals surface area contributed by atoms with E-state index in [1.54, 1.807) is 12.1 Å². The van der Waals surface area contributed by atoms with Gasteiger partial charge < -0.3 is 10.2 Å². The Morgan fingerprint density at radius 1 is 0.680 bits per heavy atom. The summed E-state index contributed by atoms with van der Waals surface area (Å²) in [7, 11) is 0. The molecule has 0 aliphatic rings. The molecule has 0 spiro atoms. The van der Waals surface area contributed by atoms with Gasteiger partial charge >= 0.3 is 0 Å². The van der Waals surface area contributed by atoms with Gasteiger partial charge in [-0.2, -0.15) is 0 Å². The third kappa shape index (κ3) is 4.43. The lowest BCUT2D eigenvalue weighted by atomic mass is 9.83. The largest absolute Gasteiger partial charge is 0.506 e. The van der Waals surface area contributed by atoms with Crippen molar-refractivity contribution in [1.82, 2.24) is 0 Å². The summed E-state index contributed by atoms with van der Waals surface area (Å²) in [6, 6.07) is 7.47. The zero-order chi connectivity index (χ0) is 19.2. The molecule has 0 heterocycles. The lowest BCUT2D eigenvalue weighted by Crippen LogP contribution is -2.12. The minimum absolute atomic E-state index is 0.0475. The number of phenolic OH excluding ortho intramolecular Hbond substituents is 2. The molecule has 136 valence electrons. The summed E-state index contributed by atoms with van der Waals surface area (Å²) in [5.74, 6) is 0.0951. The van der Waals surface area contributed by atoms with Gasteiger partial charge in [-0.05, 0) is 34.1 Å². The van der Waals surface area contributed by atoms with Gasteiger partial charge in [0.2, 0.25) is 0 Å². The summed E-state index contributed by atoms with van der Waals surface area (Å²) in [4.78, 5) is 0. The van der Waals surface area contributed by atoms with Crippen molar-refractivity contribution in [3.8, 4) is 11.5 Å². The average molecular weight is 381 g/mol. The fourth-order valence-corrected chi connectivity index (χ4v) is 3.13. The second kappa shape index (κ2) is 6.74. The predicted octanol–water partition coefficient (Wildman–Crippen LogP) is 6.59. The predicted molar refractivity (Wildman–Crippen MR) is 106 cm³/mol. The van der Waals surface area contributed by atoms with E-state index < -0.39 is 0 Å². The van der Waals surface area contributed by atoms with Crippen molar-refractivity contribution < 1.29 is 10.2 Å². The van der Waals surface area contributed by atoms with Crippen LogP contribution in [0.1, 0.15) is 63.8 Å². The Hall–Kier alpha value is -1.38. The van der Waals surface area contributed by atoms with Crippen LogP contribution in [0.5, 0.6) is 11.5 Å². The highest BCUT2D eigenvalue weighted by Gasteiger charge is 2.21. The molecule has 2 aromatic carbocycles. The van der Waals surface area contributed by atoms with Crippen molar-refractivity contribution in [2.75, 3.05) is 0 Å². The van der Waals surface area contributed by atoms with E-state index in [1.165, 1.54) is 0 Å². The van der Waals surface area contributed by atoms with Crippen LogP contribution in [0.2, 0.25) is 10.0 Å². The summed E-state index contributed by atoms with van der Waals surface area (Å²) >= 11 is 12.5. The first-order valence-corrected chi connectivity index (χ1v) is 9.10. The van der Waals surface area contributed by atoms with E-state index in [-0.39, 0.29) is 22.3 Å². The van der Waals surface area contributed by atoms with E-state index >= 15 is 0 Å². The Kier molecular flexibility index (Phi) is 5.37. The van der Waals surface area contributed by atoms with Crippen LogP contribution in [0.4, 0.5) is 0 Å². The monoisotopic (exact) mass is 380 g/mol. The summed E-state index contributed by atoms with van der Waals surface area (Å²) in [5.41, 5.74) is 3.22. The number of phenols is 2. The molecule has 0 amide bonds. The number of hydrogen-bond donors (Lipinski definition) is 2. The van der Waals surface area contributed by atoms with Gasteiger partial charge in [0.15, 0.2) is 0 Å². The Morgan fingerprint density at radius 2 is 1.00 bits per heavy atom. The normalized spacial score (nSPS) is 12.5. The molecule has 0 fully saturated rings. The van der Waals surface area contributed by atoms with E-state index in [2.05, 4.69) is 41.5 Å². The smallest absolute Gasteiger partial charge is 0.137 e. The van der Waals surface area contributed by atoms with Crippen LogP contribution in [-0.2, 0) is 17.3 Å². The summed E-state index contributed by atoms with van der Waals surface area (Å²) < 4.78 is 0. The van der Waals surface area contributed by atoms with Gasteiger partial charge in [-0.15, -0.1) is 0 Å². The summed E-state index contributed by atoms with van der Waals surface area (Å²) in [6.07, 6.45) is 0.352. The van der Waals surface area contributed by atoms with E-state index in [4.69, 9.17) is 23.2 Å². The molecule has 0 aliphatic heterocycles. The molecule has 2 rings (SSSR count). The van der Waals surface area contributed by atoms with Crippen molar-refractivity contribution in [3.63, 3.8) is 0 Å². The molecular formula is C21H26Cl2O2. The van der Waals surface area contributed by atoms with E-state index in [0.717, 1.165) is 11.1 Å². The van der Waals surface area contributed by atoms with Crippen LogP contribution in [-0.4, -0.2) is 10.2 Å². The van der Waals surface area contributed by atoms with Gasteiger partial charge in [0.25, 0.3) is 0 Å². The summed E-state index contributed by atoms with van der Waals surface area (Å²) in [5, 5.41) is 21.4. The molecule has 2 N–H and O–H groups in total. The average Bonchev–Trinajstić information content (AvgIpc) is 2.45. The molecule has 2 aromatic rings. The number of hydrogen-bond acceptors (Lipinski definition) is 2. The second-order valence-electron chi connectivity index (χ2n) is 8.61. The van der Waals surface area contributed by atoms with E-state index in [0.29, 0.717) is 27.6 Å². The van der Waals surface area contributed by atoms with E-state index in [1.807, 2.05) is 12.1 Å². The quantitative estimate of drug-likeness (QED) is 0.616. The Morgan fingerprint density at radius 3 is 1.28 bits per heavy atom. The highest BCUT2D eigenvalue weighted by atomic mass is 35.5. The Balaban J connectivity index is 2.57. The SMILES string of the molecule is CC(C)(C)c1cc(Cl)c(O)c(Cc2cc(C(C)(C)C)cc(Cl)c2O)c1. The van der Waals surface area contributed by atoms with Crippen LogP contribution >= 0.6 is 23.2 Å². The molecule has 0 atom stereocenters. The minimum Gasteiger partial charge on any atom is -0.506 e. The van der Waals surface area contributed by atoms with Crippen LogP contribution in [0, 0.1) is 0 Å². The zero-order valence-corrected chi connectivity index (χ0v) is 17.2. The standard InChI is InChI=1S/C21H26Cl2O2/c1-20(2,3)14-8-12(18(24)16(22)10-14)7-13-9-15(21(4,5)6)11-17(23)19(13)25/h8-11,24-25H,7H2,1-6H3. The van der Waals surface area contributed by atoms with Gasteiger partial charge in [-0.1, -0.05) is 76.9 Å². The number of benzene rings is 2. The van der Waals surface area contributed by atoms with Gasteiger partial charge in [0.1, 0.15) is 11.5 Å². The Labute approximate surface area is 160 Å². The summed E-state index contributed by atoms with van der Waals surface area (Å²) in [6.45, 7) is 12.5. The molecule has 0 saturated heterocycles. The fraction of sp³-hybridized carbons (Fsp3) is 0.429. The molecule has 4 heteroatoms. The number of halogens is 2. The maximum atomic E-state index is 10.4. The van der Waals surface area contributed by atoms with Crippen LogP contribution in [0.3, 0.4) is 0 Å². The topological polar surface area (TPSA) is 40.5 Å². The van der Waals surface area contributed by atoms with Crippen LogP contribution < -0.4 is 0 Å². The van der Waals surface area contributed by atoms with Crippen molar-refractivity contribution in [2.45, 2.75) is 58.8 Å². The van der Waals surface area contributed by atoms with Crippen molar-refractivity contribution >= 4 is 23.2 Å². The van der Waals surface area contributed by atoms with Gasteiger partial charge in [-0.3, -0.25) is 0 Å². The first-order valence-electron chi connectivity index (χ1n) is 8.34. The van der Waals surface area contributed by atoms with Crippen molar-refractivity contribution in [1.29, 1.82) is 0 Å². The third-order valence-electron chi connectivity index (χ3n) is 4.40. The third-order valence-corrected chi connectivity index (χ3v) is 4.97. The van der Waals surface area contributed by atoms with Gasteiger partial charge in [-0.25, -0.2) is 0 Å². The lowest BCUT2D eigenvalue weighted by molar-refractivity contribution is 0.461. The van der Waals surface area contributed by atoms with Gasteiger partial charge in [0, 0.05) is 17.5 Å². The molecule has 2 nitrogen and oxygen atoms in total. The number of rotatable bonds is 2. The highest BCUT2D eigenvalue weighted by molar-refractivity contribution is 6.32. The minimum atomic E-state index is -0.0982. The molecule has 0 bridgehead atoms. The molecule has 0 saturated carbocycles. The van der Waals surface area contributed by atoms with Crippen molar-refractivity contribution in [3.05, 3.63) is 56.6 Å². The zero-order valence-electron chi connectivity index (χ0n) is 15.7. The maximum Gasteiger partial charge on any atom is 0.137 e. The van der Waals surface area contributed by atoms with Gasteiger partial charge in [0.05, 0.1) is 10.0 Å².